The molecule has 0 unspecified atom stereocenters. The van der Waals surface area contributed by atoms with Gasteiger partial charge in [-0.3, -0.25) is 4.90 Å². The molecule has 0 amide bonds. The second kappa shape index (κ2) is 19.0. The molecule has 1 aliphatic carbocycles. The van der Waals surface area contributed by atoms with Crippen molar-refractivity contribution in [3.05, 3.63) is 12.3 Å². The van der Waals surface area contributed by atoms with E-state index >= 15 is 0 Å². The van der Waals surface area contributed by atoms with Crippen LogP contribution in [0, 0.1) is 5.92 Å². The maximum atomic E-state index is 4.99. The Morgan fingerprint density at radius 3 is 2.18 bits per heavy atom. The van der Waals surface area contributed by atoms with Gasteiger partial charge in [-0.15, -0.1) is 49.6 Å². The summed E-state index contributed by atoms with van der Waals surface area (Å²) in [4.78, 5) is 14.9. The monoisotopic (exact) mass is 613 g/mol. The van der Waals surface area contributed by atoms with Crippen molar-refractivity contribution < 1.29 is 0 Å². The molecule has 1 aromatic heterocycles. The first-order chi connectivity index (χ1) is 16.9. The minimum atomic E-state index is 0. The Kier molecular flexibility index (Phi) is 17.8. The lowest BCUT2D eigenvalue weighted by atomic mass is 9.93. The fourth-order valence-electron chi connectivity index (χ4n) is 6.75. The van der Waals surface area contributed by atoms with Crippen LogP contribution in [0.4, 0.5) is 11.8 Å². The molecule has 0 radical (unpaired) electrons. The topological polar surface area (TPSA) is 68.4 Å². The van der Waals surface area contributed by atoms with E-state index in [4.69, 9.17) is 4.98 Å². The van der Waals surface area contributed by atoms with Crippen LogP contribution in [0.25, 0.3) is 0 Å². The Balaban J connectivity index is 0.00000180. The van der Waals surface area contributed by atoms with E-state index in [9.17, 15) is 0 Å². The maximum absolute atomic E-state index is 4.99. The number of piperidine rings is 1. The number of hydrogen-bond acceptors (Lipinski definition) is 7. The van der Waals surface area contributed by atoms with Gasteiger partial charge in [0.2, 0.25) is 5.95 Å². The summed E-state index contributed by atoms with van der Waals surface area (Å²) in [6.07, 6.45) is 18.0. The zero-order valence-electron chi connectivity index (χ0n) is 22.8. The van der Waals surface area contributed by atoms with Crippen molar-refractivity contribution in [2.75, 3.05) is 56.0 Å². The third-order valence-corrected chi connectivity index (χ3v) is 8.76. The van der Waals surface area contributed by atoms with E-state index in [2.05, 4.69) is 36.8 Å². The first kappa shape index (κ1) is 35.7. The molecule has 4 heterocycles. The summed E-state index contributed by atoms with van der Waals surface area (Å²) in [6.45, 7) is 8.04. The Labute approximate surface area is 255 Å². The minimum absolute atomic E-state index is 0. The molecule has 3 saturated heterocycles. The molecule has 38 heavy (non-hydrogen) atoms. The molecule has 0 aromatic carbocycles. The molecule has 0 bridgehead atoms. The van der Waals surface area contributed by atoms with Crippen molar-refractivity contribution in [2.24, 2.45) is 5.92 Å². The highest BCUT2D eigenvalue weighted by Crippen LogP contribution is 2.30. The van der Waals surface area contributed by atoms with Crippen LogP contribution in [0.3, 0.4) is 0 Å². The van der Waals surface area contributed by atoms with Gasteiger partial charge in [0.25, 0.3) is 0 Å². The third-order valence-electron chi connectivity index (χ3n) is 8.76. The van der Waals surface area contributed by atoms with E-state index in [1.807, 2.05) is 6.20 Å². The molecule has 3 aliphatic heterocycles. The number of anilines is 2. The quantitative estimate of drug-likeness (QED) is 0.366. The van der Waals surface area contributed by atoms with Crippen LogP contribution in [0.2, 0.25) is 0 Å². The van der Waals surface area contributed by atoms with Crippen LogP contribution in [-0.2, 0) is 0 Å². The Bertz CT molecular complexity index is 742. The SMILES string of the molecule is Cl.Cl.Cl.Cl.c1cc(N2CCCCCC2)nc(N[C@H]2CCN(C3CCCCC3)[C@@H]2CNCC2CCNCC2)n1. The average Bonchev–Trinajstić information content (AvgIpc) is 3.09. The second-order valence-electron chi connectivity index (χ2n) is 11.1. The van der Waals surface area contributed by atoms with Crippen molar-refractivity contribution in [3.8, 4) is 0 Å². The lowest BCUT2D eigenvalue weighted by molar-refractivity contribution is 0.136. The average molecular weight is 616 g/mol. The summed E-state index contributed by atoms with van der Waals surface area (Å²) in [7, 11) is 0. The van der Waals surface area contributed by atoms with E-state index < -0.39 is 0 Å². The number of nitrogens with zero attached hydrogens (tertiary/aromatic N) is 4. The van der Waals surface area contributed by atoms with Crippen molar-refractivity contribution in [1.29, 1.82) is 0 Å². The predicted molar refractivity (Wildman–Crippen MR) is 170 cm³/mol. The molecular weight excluding hydrogens is 564 g/mol. The number of likely N-dealkylation sites (tertiary alicyclic amines) is 1. The van der Waals surface area contributed by atoms with Gasteiger partial charge in [0.15, 0.2) is 0 Å². The van der Waals surface area contributed by atoms with Crippen molar-refractivity contribution in [3.63, 3.8) is 0 Å². The van der Waals surface area contributed by atoms with Gasteiger partial charge in [0.1, 0.15) is 5.82 Å². The molecule has 7 nitrogen and oxygen atoms in total. The lowest BCUT2D eigenvalue weighted by Gasteiger charge is -2.37. The molecule has 1 aromatic rings. The fraction of sp³-hybridized carbons (Fsp3) is 0.852. The van der Waals surface area contributed by atoms with Gasteiger partial charge in [0, 0.05) is 50.5 Å². The third kappa shape index (κ3) is 9.97. The summed E-state index contributed by atoms with van der Waals surface area (Å²) in [5.74, 6) is 2.74. The molecule has 5 rings (SSSR count). The number of halogens is 4. The van der Waals surface area contributed by atoms with Gasteiger partial charge in [-0.05, 0) is 76.6 Å². The molecule has 4 fully saturated rings. The van der Waals surface area contributed by atoms with Crippen molar-refractivity contribution >= 4 is 61.4 Å². The molecule has 2 atom stereocenters. The van der Waals surface area contributed by atoms with Crippen LogP contribution in [0.15, 0.2) is 12.3 Å². The van der Waals surface area contributed by atoms with E-state index in [1.54, 1.807) is 0 Å². The highest BCUT2D eigenvalue weighted by molar-refractivity contribution is 5.86. The smallest absolute Gasteiger partial charge is 0.224 e. The first-order valence-corrected chi connectivity index (χ1v) is 14.4. The Morgan fingerprint density at radius 2 is 1.47 bits per heavy atom. The molecule has 11 heteroatoms. The minimum Gasteiger partial charge on any atom is -0.356 e. The van der Waals surface area contributed by atoms with Gasteiger partial charge >= 0.3 is 0 Å². The van der Waals surface area contributed by atoms with Crippen LogP contribution in [-0.4, -0.2) is 78.8 Å². The Hall–Kier alpha value is -0.280. The van der Waals surface area contributed by atoms with Gasteiger partial charge < -0.3 is 20.9 Å². The van der Waals surface area contributed by atoms with Crippen molar-refractivity contribution in [1.82, 2.24) is 25.5 Å². The summed E-state index contributed by atoms with van der Waals surface area (Å²) in [5, 5.41) is 11.2. The zero-order chi connectivity index (χ0) is 23.0. The van der Waals surface area contributed by atoms with E-state index in [0.29, 0.717) is 12.1 Å². The van der Waals surface area contributed by atoms with Gasteiger partial charge in [-0.25, -0.2) is 4.98 Å². The summed E-state index contributed by atoms with van der Waals surface area (Å²) < 4.78 is 0. The van der Waals surface area contributed by atoms with E-state index in [1.165, 1.54) is 96.7 Å². The summed E-state index contributed by atoms with van der Waals surface area (Å²) in [6, 6.07) is 3.80. The number of rotatable bonds is 8. The molecular formula is C27H51Cl4N7. The largest absolute Gasteiger partial charge is 0.356 e. The molecule has 4 aliphatic rings. The zero-order valence-corrected chi connectivity index (χ0v) is 26.1. The van der Waals surface area contributed by atoms with E-state index in [0.717, 1.165) is 49.9 Å². The lowest BCUT2D eigenvalue weighted by Crippen LogP contribution is -2.51. The van der Waals surface area contributed by atoms with Crippen LogP contribution < -0.4 is 20.9 Å². The molecule has 3 N–H and O–H groups in total. The normalized spacial score (nSPS) is 25.2. The Morgan fingerprint density at radius 1 is 0.789 bits per heavy atom. The highest BCUT2D eigenvalue weighted by Gasteiger charge is 2.38. The summed E-state index contributed by atoms with van der Waals surface area (Å²) >= 11 is 0. The van der Waals surface area contributed by atoms with Crippen LogP contribution in [0.1, 0.15) is 77.0 Å². The first-order valence-electron chi connectivity index (χ1n) is 14.4. The maximum Gasteiger partial charge on any atom is 0.224 e. The van der Waals surface area contributed by atoms with E-state index in [-0.39, 0.29) is 49.6 Å². The standard InChI is InChI=1S/C27H47N7.4ClH/c1-2-7-18-33(17-6-1)26-12-16-30-27(32-26)31-24-13-19-34(23-8-4-3-5-9-23)25(24)21-29-20-22-10-14-28-15-11-22;;;;/h12,16,22-25,28-29H,1-11,13-15,17-21H2,(H,30,31,32);4*1H/t24-,25+;;;;/m0..../s1. The van der Waals surface area contributed by atoms with Gasteiger partial charge in [-0.1, -0.05) is 32.1 Å². The highest BCUT2D eigenvalue weighted by atomic mass is 35.5. The molecule has 0 spiro atoms. The second-order valence-corrected chi connectivity index (χ2v) is 11.1. The van der Waals surface area contributed by atoms with Gasteiger partial charge in [-0.2, -0.15) is 4.98 Å². The fourth-order valence-corrected chi connectivity index (χ4v) is 6.75. The van der Waals surface area contributed by atoms with Crippen LogP contribution >= 0.6 is 49.6 Å². The number of hydrogen-bond donors (Lipinski definition) is 3. The number of nitrogens with one attached hydrogen (secondary N) is 3. The molecule has 222 valence electrons. The molecule has 1 saturated carbocycles. The number of aromatic nitrogens is 2. The van der Waals surface area contributed by atoms with Crippen LogP contribution in [0.5, 0.6) is 0 Å². The predicted octanol–water partition coefficient (Wildman–Crippen LogP) is 5.32. The summed E-state index contributed by atoms with van der Waals surface area (Å²) in [5.41, 5.74) is 0. The van der Waals surface area contributed by atoms with Gasteiger partial charge in [0.05, 0.1) is 0 Å². The van der Waals surface area contributed by atoms with Crippen molar-refractivity contribution in [2.45, 2.75) is 95.2 Å².